The van der Waals surface area contributed by atoms with Gasteiger partial charge in [0.25, 0.3) is 11.8 Å². The molecule has 0 bridgehead atoms. The second-order valence-corrected chi connectivity index (χ2v) is 9.41. The number of rotatable bonds is 4. The summed E-state index contributed by atoms with van der Waals surface area (Å²) >= 11 is 1.66. The van der Waals surface area contributed by atoms with Crippen molar-refractivity contribution in [2.45, 2.75) is 25.8 Å². The predicted octanol–water partition coefficient (Wildman–Crippen LogP) is 5.20. The number of aliphatic imine (C=N–C) groups is 1. The van der Waals surface area contributed by atoms with Gasteiger partial charge in [-0.25, -0.2) is 4.98 Å². The molecule has 0 radical (unpaired) electrons. The summed E-state index contributed by atoms with van der Waals surface area (Å²) in [6, 6.07) is 17.8. The number of nitrogens with zero attached hydrogens (tertiary/aromatic N) is 3. The largest absolute Gasteiger partial charge is 0.324 e. The van der Waals surface area contributed by atoms with E-state index in [0.29, 0.717) is 11.5 Å². The minimum Gasteiger partial charge on any atom is -0.324 e. The van der Waals surface area contributed by atoms with Crippen LogP contribution in [0, 0.1) is 6.92 Å². The van der Waals surface area contributed by atoms with Gasteiger partial charge in [0.15, 0.2) is 0 Å². The zero-order valence-corrected chi connectivity index (χ0v) is 19.1. The first-order valence-corrected chi connectivity index (χ1v) is 11.5. The van der Waals surface area contributed by atoms with E-state index in [1.165, 1.54) is 0 Å². The fourth-order valence-electron chi connectivity index (χ4n) is 4.02. The van der Waals surface area contributed by atoms with Gasteiger partial charge in [0.2, 0.25) is 0 Å². The highest BCUT2D eigenvalue weighted by Gasteiger charge is 2.45. The Kier molecular flexibility index (Phi) is 5.26. The molecule has 3 heterocycles. The Balaban J connectivity index is 1.36. The van der Waals surface area contributed by atoms with Gasteiger partial charge in [0.05, 0.1) is 12.1 Å². The summed E-state index contributed by atoms with van der Waals surface area (Å²) in [5, 5.41) is 3.95. The zero-order valence-electron chi connectivity index (χ0n) is 18.3. The van der Waals surface area contributed by atoms with E-state index in [9.17, 15) is 9.59 Å². The monoisotopic (exact) mass is 454 g/mol. The first kappa shape index (κ1) is 21.0. The molecule has 0 saturated carbocycles. The highest BCUT2D eigenvalue weighted by molar-refractivity contribution is 7.15. The number of anilines is 1. The molecular weight excluding hydrogens is 432 g/mol. The fraction of sp³-hybridized carbons (Fsp3) is 0.154. The maximum absolute atomic E-state index is 13.2. The van der Waals surface area contributed by atoms with Crippen molar-refractivity contribution in [3.63, 3.8) is 0 Å². The molecule has 7 heteroatoms. The molecule has 0 spiro atoms. The first-order valence-electron chi connectivity index (χ1n) is 10.6. The summed E-state index contributed by atoms with van der Waals surface area (Å²) in [6.45, 7) is 3.83. The zero-order chi connectivity index (χ0) is 23.0. The van der Waals surface area contributed by atoms with Crippen molar-refractivity contribution in [2.24, 2.45) is 4.99 Å². The van der Waals surface area contributed by atoms with Gasteiger partial charge in [-0.3, -0.25) is 9.59 Å². The summed E-state index contributed by atoms with van der Waals surface area (Å²) in [4.78, 5) is 37.2. The van der Waals surface area contributed by atoms with Gasteiger partial charge < -0.3 is 10.2 Å². The third-order valence-corrected chi connectivity index (χ3v) is 6.85. The molecule has 6 nitrogen and oxygen atoms in total. The molecule has 0 saturated heterocycles. The molecule has 3 aromatic rings. The molecule has 1 N–H and O–H groups in total. The molecule has 33 heavy (non-hydrogen) atoms. The van der Waals surface area contributed by atoms with E-state index in [4.69, 9.17) is 4.98 Å². The van der Waals surface area contributed by atoms with Crippen molar-refractivity contribution in [3.05, 3.63) is 83.9 Å². The number of aryl methyl sites for hydroxylation is 1. The molecule has 5 rings (SSSR count). The molecule has 164 valence electrons. The minimum atomic E-state index is -1.05. The fourth-order valence-corrected chi connectivity index (χ4v) is 4.97. The van der Waals surface area contributed by atoms with Crippen molar-refractivity contribution < 1.29 is 9.59 Å². The van der Waals surface area contributed by atoms with Gasteiger partial charge in [0.1, 0.15) is 16.4 Å². The number of carbonyl (C=O) groups is 2. The SMILES string of the molecule is Cc1sc(-c2ccccc2)nc1-c1ccc(NC(=O)C2(C)CC(=O)N=C3C=CC=CN32)cc1. The van der Waals surface area contributed by atoms with Crippen LogP contribution in [0.25, 0.3) is 21.8 Å². The highest BCUT2D eigenvalue weighted by atomic mass is 32.1. The molecule has 2 aliphatic rings. The number of thiazole rings is 1. The lowest BCUT2D eigenvalue weighted by molar-refractivity contribution is -0.130. The number of aromatic nitrogens is 1. The summed E-state index contributed by atoms with van der Waals surface area (Å²) in [5.74, 6) is -0.0791. The maximum Gasteiger partial charge on any atom is 0.250 e. The number of carbonyl (C=O) groups excluding carboxylic acids is 2. The van der Waals surface area contributed by atoms with Crippen LogP contribution in [0.3, 0.4) is 0 Å². The number of benzene rings is 2. The van der Waals surface area contributed by atoms with Gasteiger partial charge in [-0.2, -0.15) is 4.99 Å². The summed E-state index contributed by atoms with van der Waals surface area (Å²) < 4.78 is 0. The Bertz CT molecular complexity index is 1320. The van der Waals surface area contributed by atoms with Gasteiger partial charge >= 0.3 is 0 Å². The van der Waals surface area contributed by atoms with Crippen molar-refractivity contribution in [3.8, 4) is 21.8 Å². The normalized spacial score (nSPS) is 19.3. The molecule has 2 aliphatic heterocycles. The van der Waals surface area contributed by atoms with E-state index < -0.39 is 5.54 Å². The molecule has 0 fully saturated rings. The predicted molar refractivity (Wildman–Crippen MR) is 132 cm³/mol. The van der Waals surface area contributed by atoms with E-state index in [-0.39, 0.29) is 18.2 Å². The number of amidine groups is 1. The lowest BCUT2D eigenvalue weighted by Gasteiger charge is -2.41. The number of hydrogen-bond donors (Lipinski definition) is 1. The molecule has 0 aliphatic carbocycles. The van der Waals surface area contributed by atoms with E-state index in [1.807, 2.05) is 48.5 Å². The average molecular weight is 455 g/mol. The number of fused-ring (bicyclic) bond motifs is 1. The third-order valence-electron chi connectivity index (χ3n) is 5.83. The van der Waals surface area contributed by atoms with Crippen molar-refractivity contribution in [1.29, 1.82) is 0 Å². The Hall–Kier alpha value is -3.84. The van der Waals surface area contributed by atoms with Gasteiger partial charge in [-0.15, -0.1) is 11.3 Å². The van der Waals surface area contributed by atoms with E-state index in [0.717, 1.165) is 26.7 Å². The second-order valence-electron chi connectivity index (χ2n) is 8.21. The van der Waals surface area contributed by atoms with E-state index in [1.54, 1.807) is 41.5 Å². The maximum atomic E-state index is 13.2. The van der Waals surface area contributed by atoms with Crippen LogP contribution in [-0.4, -0.2) is 33.1 Å². The van der Waals surface area contributed by atoms with Crippen molar-refractivity contribution in [1.82, 2.24) is 9.88 Å². The van der Waals surface area contributed by atoms with Gasteiger partial charge in [-0.1, -0.05) is 48.5 Å². The topological polar surface area (TPSA) is 74.7 Å². The summed E-state index contributed by atoms with van der Waals surface area (Å²) in [6.07, 6.45) is 7.16. The number of hydrogen-bond acceptors (Lipinski definition) is 5. The van der Waals surface area contributed by atoms with Crippen molar-refractivity contribution in [2.75, 3.05) is 5.32 Å². The second kappa shape index (κ2) is 8.26. The Morgan fingerprint density at radius 1 is 1.06 bits per heavy atom. The van der Waals surface area contributed by atoms with E-state index >= 15 is 0 Å². The number of amides is 2. The van der Waals surface area contributed by atoms with Crippen LogP contribution >= 0.6 is 11.3 Å². The smallest absolute Gasteiger partial charge is 0.250 e. The quantitative estimate of drug-likeness (QED) is 0.588. The van der Waals surface area contributed by atoms with Crippen LogP contribution in [0.1, 0.15) is 18.2 Å². The Morgan fingerprint density at radius 2 is 1.82 bits per heavy atom. The first-order chi connectivity index (χ1) is 15.9. The third kappa shape index (κ3) is 3.91. The summed E-state index contributed by atoms with van der Waals surface area (Å²) in [7, 11) is 0. The molecule has 2 aromatic carbocycles. The van der Waals surface area contributed by atoms with Crippen LogP contribution < -0.4 is 5.32 Å². The van der Waals surface area contributed by atoms with Crippen LogP contribution in [0.4, 0.5) is 5.69 Å². The van der Waals surface area contributed by atoms with Gasteiger partial charge in [0, 0.05) is 27.9 Å². The number of nitrogens with one attached hydrogen (secondary N) is 1. The minimum absolute atomic E-state index is 0.0128. The highest BCUT2D eigenvalue weighted by Crippen LogP contribution is 2.34. The Labute approximate surface area is 196 Å². The van der Waals surface area contributed by atoms with Crippen molar-refractivity contribution >= 4 is 34.7 Å². The molecular formula is C26H22N4O2S. The lowest BCUT2D eigenvalue weighted by atomic mass is 9.91. The Morgan fingerprint density at radius 3 is 2.58 bits per heavy atom. The summed E-state index contributed by atoms with van der Waals surface area (Å²) in [5.41, 5.74) is 2.63. The standard InChI is InChI=1S/C26H22N4O2S/c1-17-23(29-24(33-17)19-8-4-3-5-9-19)18-11-13-20(14-12-18)27-25(32)26(2)16-22(31)28-21-10-6-7-15-30(21)26/h3-15H,16H2,1-2H3,(H,27,32). The van der Waals surface area contributed by atoms with Crippen LogP contribution in [0.5, 0.6) is 0 Å². The average Bonchev–Trinajstić information content (AvgIpc) is 3.21. The molecule has 1 atom stereocenters. The molecule has 1 aromatic heterocycles. The lowest BCUT2D eigenvalue weighted by Crippen LogP contribution is -2.58. The number of allylic oxidation sites excluding steroid dienone is 2. The van der Waals surface area contributed by atoms with Crippen LogP contribution in [0.15, 0.2) is 84.0 Å². The molecule has 2 amide bonds. The van der Waals surface area contributed by atoms with Crippen LogP contribution in [-0.2, 0) is 9.59 Å². The van der Waals surface area contributed by atoms with E-state index in [2.05, 4.69) is 29.4 Å². The molecule has 1 unspecified atom stereocenters. The van der Waals surface area contributed by atoms with Crippen LogP contribution in [0.2, 0.25) is 0 Å². The van der Waals surface area contributed by atoms with Gasteiger partial charge in [-0.05, 0) is 38.1 Å².